The number of imide groups is 1. The van der Waals surface area contributed by atoms with Crippen LogP contribution >= 0.6 is 27.5 Å². The fourth-order valence-corrected chi connectivity index (χ4v) is 3.06. The van der Waals surface area contributed by atoms with Crippen molar-refractivity contribution in [2.75, 3.05) is 26.2 Å². The van der Waals surface area contributed by atoms with Crippen LogP contribution in [0.3, 0.4) is 0 Å². The number of likely N-dealkylation sites (tertiary alicyclic amines) is 1. The minimum atomic E-state index is -0.607. The highest BCUT2D eigenvalue weighted by molar-refractivity contribution is 9.10. The molecule has 2 aliphatic rings. The fraction of sp³-hybridized carbons (Fsp3) is 0.357. The second-order valence-corrected chi connectivity index (χ2v) is 6.58. The first-order chi connectivity index (χ1) is 10.5. The minimum absolute atomic E-state index is 0.0736. The van der Waals surface area contributed by atoms with Crippen molar-refractivity contribution < 1.29 is 19.1 Å². The summed E-state index contributed by atoms with van der Waals surface area (Å²) >= 11 is 9.36. The number of nitrogens with zero attached hydrogens (tertiary/aromatic N) is 2. The van der Waals surface area contributed by atoms with Crippen molar-refractivity contribution in [1.82, 2.24) is 9.80 Å². The summed E-state index contributed by atoms with van der Waals surface area (Å²) in [6.45, 7) is 1.06. The predicted octanol–water partition coefficient (Wildman–Crippen LogP) is 2.15. The average Bonchev–Trinajstić information content (AvgIpc) is 2.75. The van der Waals surface area contributed by atoms with Crippen molar-refractivity contribution in [3.63, 3.8) is 0 Å². The van der Waals surface area contributed by atoms with Crippen molar-refractivity contribution >= 4 is 45.4 Å². The maximum Gasteiger partial charge on any atom is 0.417 e. The van der Waals surface area contributed by atoms with Gasteiger partial charge in [0.1, 0.15) is 0 Å². The minimum Gasteiger partial charge on any atom is -0.439 e. The number of benzene rings is 1. The van der Waals surface area contributed by atoms with E-state index in [1.807, 2.05) is 0 Å². The largest absolute Gasteiger partial charge is 0.439 e. The van der Waals surface area contributed by atoms with Gasteiger partial charge in [-0.1, -0.05) is 27.5 Å². The van der Waals surface area contributed by atoms with Crippen molar-refractivity contribution in [3.05, 3.63) is 33.3 Å². The lowest BCUT2D eigenvalue weighted by Crippen LogP contribution is -2.54. The molecule has 0 N–H and O–H groups in total. The highest BCUT2D eigenvalue weighted by atomic mass is 79.9. The molecule has 1 aromatic rings. The Bertz CT molecular complexity index is 644. The van der Waals surface area contributed by atoms with Gasteiger partial charge in [-0.15, -0.1) is 0 Å². The van der Waals surface area contributed by atoms with Crippen molar-refractivity contribution in [2.24, 2.45) is 5.92 Å². The molecule has 116 valence electrons. The fourth-order valence-electron chi connectivity index (χ4n) is 2.50. The zero-order chi connectivity index (χ0) is 15.9. The van der Waals surface area contributed by atoms with Crippen LogP contribution < -0.4 is 0 Å². The lowest BCUT2D eigenvalue weighted by molar-refractivity contribution is -0.126. The topological polar surface area (TPSA) is 66.9 Å². The summed E-state index contributed by atoms with van der Waals surface area (Å²) in [7, 11) is 0. The number of rotatable bonds is 3. The van der Waals surface area contributed by atoms with Gasteiger partial charge in [0.2, 0.25) is 0 Å². The molecule has 6 nitrogen and oxygen atoms in total. The van der Waals surface area contributed by atoms with E-state index >= 15 is 0 Å². The number of carbonyl (C=O) groups is 3. The molecule has 2 aliphatic heterocycles. The summed E-state index contributed by atoms with van der Waals surface area (Å²) in [5, 5.41) is 0.398. The zero-order valence-electron chi connectivity index (χ0n) is 11.4. The Kier molecular flexibility index (Phi) is 4.10. The first-order valence-corrected chi connectivity index (χ1v) is 7.84. The maximum atomic E-state index is 12.4. The Labute approximate surface area is 140 Å². The summed E-state index contributed by atoms with van der Waals surface area (Å²) in [5.74, 6) is -0.410. The van der Waals surface area contributed by atoms with E-state index in [1.165, 1.54) is 0 Å². The van der Waals surface area contributed by atoms with Gasteiger partial charge in [-0.3, -0.25) is 9.59 Å². The standard InChI is InChI=1S/C14H12BrClN2O4/c15-9-1-2-11(16)10(3-9)13(20)17-4-8(5-17)6-18-12(19)7-22-14(18)21/h1-3,8H,4-7H2. The van der Waals surface area contributed by atoms with Crippen LogP contribution in [-0.4, -0.2) is 53.9 Å². The van der Waals surface area contributed by atoms with E-state index in [0.717, 1.165) is 9.37 Å². The van der Waals surface area contributed by atoms with Gasteiger partial charge in [0.05, 0.1) is 10.6 Å². The summed E-state index contributed by atoms with van der Waals surface area (Å²) in [5.41, 5.74) is 0.436. The Balaban J connectivity index is 1.59. The van der Waals surface area contributed by atoms with Crippen molar-refractivity contribution in [3.8, 4) is 0 Å². The van der Waals surface area contributed by atoms with E-state index in [-0.39, 0.29) is 30.9 Å². The molecule has 0 atom stereocenters. The zero-order valence-corrected chi connectivity index (χ0v) is 13.8. The quantitative estimate of drug-likeness (QED) is 0.797. The lowest BCUT2D eigenvalue weighted by Gasteiger charge is -2.40. The Morgan fingerprint density at radius 1 is 1.36 bits per heavy atom. The molecule has 3 rings (SSSR count). The van der Waals surface area contributed by atoms with Crippen LogP contribution in [0.1, 0.15) is 10.4 Å². The third-order valence-corrected chi connectivity index (χ3v) is 4.51. The predicted molar refractivity (Wildman–Crippen MR) is 81.6 cm³/mol. The Morgan fingerprint density at radius 2 is 2.09 bits per heavy atom. The third-order valence-electron chi connectivity index (χ3n) is 3.68. The van der Waals surface area contributed by atoms with Crippen LogP contribution in [0.15, 0.2) is 22.7 Å². The number of carbonyl (C=O) groups excluding carboxylic acids is 3. The molecule has 0 aliphatic carbocycles. The summed E-state index contributed by atoms with van der Waals surface area (Å²) in [6, 6.07) is 5.11. The molecule has 0 radical (unpaired) electrons. The van der Waals surface area contributed by atoms with E-state index < -0.39 is 6.09 Å². The van der Waals surface area contributed by atoms with Crippen LogP contribution in [0, 0.1) is 5.92 Å². The van der Waals surface area contributed by atoms with Gasteiger partial charge < -0.3 is 9.64 Å². The van der Waals surface area contributed by atoms with Crippen LogP contribution in [0.4, 0.5) is 4.79 Å². The van der Waals surface area contributed by atoms with Gasteiger partial charge in [0.25, 0.3) is 11.8 Å². The Hall–Kier alpha value is -1.60. The highest BCUT2D eigenvalue weighted by Gasteiger charge is 2.38. The van der Waals surface area contributed by atoms with Gasteiger partial charge in [0.15, 0.2) is 6.61 Å². The van der Waals surface area contributed by atoms with Gasteiger partial charge in [-0.05, 0) is 18.2 Å². The number of halogens is 2. The highest BCUT2D eigenvalue weighted by Crippen LogP contribution is 2.26. The van der Waals surface area contributed by atoms with Gasteiger partial charge >= 0.3 is 6.09 Å². The second-order valence-electron chi connectivity index (χ2n) is 5.26. The van der Waals surface area contributed by atoms with E-state index in [0.29, 0.717) is 23.7 Å². The summed E-state index contributed by atoms with van der Waals surface area (Å²) in [6.07, 6.45) is -0.607. The molecular formula is C14H12BrClN2O4. The van der Waals surface area contributed by atoms with Crippen molar-refractivity contribution in [1.29, 1.82) is 0 Å². The summed E-state index contributed by atoms with van der Waals surface area (Å²) < 4.78 is 5.43. The molecule has 2 saturated heterocycles. The van der Waals surface area contributed by atoms with E-state index in [2.05, 4.69) is 20.7 Å². The lowest BCUT2D eigenvalue weighted by atomic mass is 9.98. The number of ether oxygens (including phenoxy) is 1. The molecule has 2 heterocycles. The molecule has 0 spiro atoms. The normalized spacial score (nSPS) is 18.5. The monoisotopic (exact) mass is 386 g/mol. The molecular weight excluding hydrogens is 376 g/mol. The number of cyclic esters (lactones) is 1. The van der Waals surface area contributed by atoms with Gasteiger partial charge in [-0.25, -0.2) is 9.69 Å². The molecule has 0 bridgehead atoms. The Morgan fingerprint density at radius 3 is 2.73 bits per heavy atom. The molecule has 2 fully saturated rings. The average molecular weight is 388 g/mol. The van der Waals surface area contributed by atoms with Crippen LogP contribution in [-0.2, 0) is 9.53 Å². The maximum absolute atomic E-state index is 12.4. The van der Waals surface area contributed by atoms with Crippen molar-refractivity contribution in [2.45, 2.75) is 0 Å². The first kappa shape index (κ1) is 15.3. The molecule has 0 saturated carbocycles. The van der Waals surface area contributed by atoms with E-state index in [4.69, 9.17) is 11.6 Å². The molecule has 22 heavy (non-hydrogen) atoms. The number of hydrogen-bond donors (Lipinski definition) is 0. The van der Waals surface area contributed by atoms with E-state index in [9.17, 15) is 14.4 Å². The van der Waals surface area contributed by atoms with Gasteiger partial charge in [0, 0.05) is 30.0 Å². The second kappa shape index (κ2) is 5.89. The third kappa shape index (κ3) is 2.83. The first-order valence-electron chi connectivity index (χ1n) is 6.67. The molecule has 0 aromatic heterocycles. The molecule has 0 unspecified atom stereocenters. The van der Waals surface area contributed by atoms with Crippen LogP contribution in [0.5, 0.6) is 0 Å². The molecule has 1 aromatic carbocycles. The molecule has 3 amide bonds. The van der Waals surface area contributed by atoms with Gasteiger partial charge in [-0.2, -0.15) is 0 Å². The van der Waals surface area contributed by atoms with Crippen LogP contribution in [0.2, 0.25) is 5.02 Å². The molecule has 8 heteroatoms. The van der Waals surface area contributed by atoms with Crippen LogP contribution in [0.25, 0.3) is 0 Å². The smallest absolute Gasteiger partial charge is 0.417 e. The summed E-state index contributed by atoms with van der Waals surface area (Å²) in [4.78, 5) is 37.9. The van der Waals surface area contributed by atoms with E-state index in [1.54, 1.807) is 23.1 Å². The number of amides is 3. The number of hydrogen-bond acceptors (Lipinski definition) is 4. The SMILES string of the molecule is O=C(c1cc(Br)ccc1Cl)N1CC(CN2C(=O)COC2=O)C1.